The SMILES string of the molecule is COC(=O)[C@@H](Cc1ccc(Br)cc1)NC(=O)c1ccccc1F. The van der Waals surface area contributed by atoms with E-state index in [1.165, 1.54) is 25.3 Å². The molecular formula is C17H15BrFNO3. The van der Waals surface area contributed by atoms with Crippen LogP contribution in [0.3, 0.4) is 0 Å². The van der Waals surface area contributed by atoms with E-state index in [9.17, 15) is 14.0 Å². The van der Waals surface area contributed by atoms with Crippen molar-refractivity contribution in [3.8, 4) is 0 Å². The van der Waals surface area contributed by atoms with E-state index in [0.717, 1.165) is 10.0 Å². The van der Waals surface area contributed by atoms with E-state index in [1.807, 2.05) is 24.3 Å². The minimum Gasteiger partial charge on any atom is -0.467 e. The van der Waals surface area contributed by atoms with Gasteiger partial charge in [0.2, 0.25) is 0 Å². The van der Waals surface area contributed by atoms with E-state index >= 15 is 0 Å². The largest absolute Gasteiger partial charge is 0.467 e. The van der Waals surface area contributed by atoms with Gasteiger partial charge in [-0.05, 0) is 29.8 Å². The average molecular weight is 380 g/mol. The lowest BCUT2D eigenvalue weighted by Crippen LogP contribution is -2.43. The van der Waals surface area contributed by atoms with Gasteiger partial charge in [0.05, 0.1) is 12.7 Å². The Morgan fingerprint density at radius 3 is 2.43 bits per heavy atom. The van der Waals surface area contributed by atoms with Crippen molar-refractivity contribution in [2.45, 2.75) is 12.5 Å². The quantitative estimate of drug-likeness (QED) is 0.812. The Kier molecular flexibility index (Phi) is 5.87. The Morgan fingerprint density at radius 1 is 1.17 bits per heavy atom. The monoisotopic (exact) mass is 379 g/mol. The zero-order chi connectivity index (χ0) is 16.8. The van der Waals surface area contributed by atoms with Crippen molar-refractivity contribution in [1.82, 2.24) is 5.32 Å². The lowest BCUT2D eigenvalue weighted by molar-refractivity contribution is -0.142. The molecule has 0 aromatic heterocycles. The van der Waals surface area contributed by atoms with Crippen LogP contribution < -0.4 is 5.32 Å². The van der Waals surface area contributed by atoms with Crippen molar-refractivity contribution in [1.29, 1.82) is 0 Å². The molecule has 0 aliphatic heterocycles. The van der Waals surface area contributed by atoms with E-state index < -0.39 is 23.7 Å². The highest BCUT2D eigenvalue weighted by atomic mass is 79.9. The molecule has 2 aromatic carbocycles. The molecule has 0 radical (unpaired) electrons. The number of esters is 1. The molecule has 2 aromatic rings. The maximum Gasteiger partial charge on any atom is 0.328 e. The number of hydrogen-bond donors (Lipinski definition) is 1. The van der Waals surface area contributed by atoms with Gasteiger partial charge < -0.3 is 10.1 Å². The number of nitrogens with one attached hydrogen (secondary N) is 1. The van der Waals surface area contributed by atoms with E-state index in [2.05, 4.69) is 21.2 Å². The summed E-state index contributed by atoms with van der Waals surface area (Å²) in [5.41, 5.74) is 0.731. The van der Waals surface area contributed by atoms with Crippen LogP contribution in [0.25, 0.3) is 0 Å². The topological polar surface area (TPSA) is 55.4 Å². The summed E-state index contributed by atoms with van der Waals surface area (Å²) in [6.07, 6.45) is 0.250. The fraction of sp³-hybridized carbons (Fsp3) is 0.176. The Bertz CT molecular complexity index is 703. The first-order valence-electron chi connectivity index (χ1n) is 6.89. The van der Waals surface area contributed by atoms with E-state index in [0.29, 0.717) is 0 Å². The van der Waals surface area contributed by atoms with Gasteiger partial charge in [-0.3, -0.25) is 4.79 Å². The average Bonchev–Trinajstić information content (AvgIpc) is 2.55. The van der Waals surface area contributed by atoms with Gasteiger partial charge in [-0.15, -0.1) is 0 Å². The van der Waals surface area contributed by atoms with Crippen LogP contribution in [0.2, 0.25) is 0 Å². The smallest absolute Gasteiger partial charge is 0.328 e. The second-order valence-corrected chi connectivity index (χ2v) is 5.78. The van der Waals surface area contributed by atoms with Crippen molar-refractivity contribution >= 4 is 27.8 Å². The Hall–Kier alpha value is -2.21. The van der Waals surface area contributed by atoms with Crippen LogP contribution in [0.1, 0.15) is 15.9 Å². The van der Waals surface area contributed by atoms with Crippen LogP contribution in [-0.2, 0) is 16.0 Å². The molecule has 0 saturated carbocycles. The van der Waals surface area contributed by atoms with Crippen LogP contribution in [0.4, 0.5) is 4.39 Å². The Balaban J connectivity index is 2.15. The fourth-order valence-corrected chi connectivity index (χ4v) is 2.34. The third kappa shape index (κ3) is 4.63. The second kappa shape index (κ2) is 7.87. The zero-order valence-corrected chi connectivity index (χ0v) is 14.0. The van der Waals surface area contributed by atoms with Gasteiger partial charge in [0.1, 0.15) is 11.9 Å². The molecule has 0 fully saturated rings. The first-order chi connectivity index (χ1) is 11.0. The lowest BCUT2D eigenvalue weighted by Gasteiger charge is -2.17. The first-order valence-corrected chi connectivity index (χ1v) is 7.68. The van der Waals surface area contributed by atoms with E-state index in [4.69, 9.17) is 4.74 Å². The van der Waals surface area contributed by atoms with Crippen LogP contribution in [0.5, 0.6) is 0 Å². The molecule has 0 heterocycles. The summed E-state index contributed by atoms with van der Waals surface area (Å²) in [5, 5.41) is 2.52. The number of ether oxygens (including phenoxy) is 1. The molecule has 0 spiro atoms. The predicted octanol–water partition coefficient (Wildman–Crippen LogP) is 3.10. The van der Waals surface area contributed by atoms with Crippen molar-refractivity contribution in [2.24, 2.45) is 0 Å². The number of rotatable bonds is 5. The van der Waals surface area contributed by atoms with Gasteiger partial charge in [-0.25, -0.2) is 9.18 Å². The Morgan fingerprint density at radius 2 is 1.83 bits per heavy atom. The summed E-state index contributed by atoms with van der Waals surface area (Å²) in [4.78, 5) is 24.1. The van der Waals surface area contributed by atoms with Crippen molar-refractivity contribution < 1.29 is 18.7 Å². The molecule has 0 aliphatic carbocycles. The maximum absolute atomic E-state index is 13.7. The molecule has 23 heavy (non-hydrogen) atoms. The number of amides is 1. The van der Waals surface area contributed by atoms with Gasteiger partial charge in [0, 0.05) is 10.9 Å². The van der Waals surface area contributed by atoms with Gasteiger partial charge in [-0.1, -0.05) is 40.2 Å². The third-order valence-corrected chi connectivity index (χ3v) is 3.79. The molecule has 1 amide bonds. The maximum atomic E-state index is 13.7. The number of benzene rings is 2. The normalized spacial score (nSPS) is 11.6. The van der Waals surface area contributed by atoms with Crippen LogP contribution in [0.15, 0.2) is 53.0 Å². The Labute approximate surface area is 141 Å². The number of methoxy groups -OCH3 is 1. The minimum atomic E-state index is -0.895. The summed E-state index contributed by atoms with van der Waals surface area (Å²) in [6, 6.07) is 12.0. The molecule has 120 valence electrons. The number of carbonyl (C=O) groups excluding carboxylic acids is 2. The highest BCUT2D eigenvalue weighted by Gasteiger charge is 2.23. The summed E-state index contributed by atoms with van der Waals surface area (Å²) in [7, 11) is 1.24. The first kappa shape index (κ1) is 17.1. The van der Waals surface area contributed by atoms with Gasteiger partial charge >= 0.3 is 5.97 Å². The third-order valence-electron chi connectivity index (χ3n) is 3.26. The second-order valence-electron chi connectivity index (χ2n) is 4.86. The highest BCUT2D eigenvalue weighted by Crippen LogP contribution is 2.13. The lowest BCUT2D eigenvalue weighted by atomic mass is 10.1. The van der Waals surface area contributed by atoms with Gasteiger partial charge in [0.15, 0.2) is 0 Å². The van der Waals surface area contributed by atoms with Crippen LogP contribution in [-0.4, -0.2) is 25.0 Å². The molecule has 0 saturated heterocycles. The number of carbonyl (C=O) groups is 2. The van der Waals surface area contributed by atoms with Crippen molar-refractivity contribution in [3.63, 3.8) is 0 Å². The van der Waals surface area contributed by atoms with E-state index in [1.54, 1.807) is 6.07 Å². The molecule has 1 N–H and O–H groups in total. The van der Waals surface area contributed by atoms with Gasteiger partial charge in [0.25, 0.3) is 5.91 Å². The zero-order valence-electron chi connectivity index (χ0n) is 12.4. The minimum absolute atomic E-state index is 0.114. The molecule has 0 aliphatic rings. The van der Waals surface area contributed by atoms with Gasteiger partial charge in [-0.2, -0.15) is 0 Å². The molecule has 6 heteroatoms. The molecule has 0 bridgehead atoms. The summed E-state index contributed by atoms with van der Waals surface area (Å²) in [5.74, 6) is -1.88. The molecule has 1 atom stereocenters. The van der Waals surface area contributed by atoms with Crippen molar-refractivity contribution in [2.75, 3.05) is 7.11 Å². The summed E-state index contributed by atoms with van der Waals surface area (Å²) < 4.78 is 19.3. The molecule has 4 nitrogen and oxygen atoms in total. The standard InChI is InChI=1S/C17H15BrFNO3/c1-23-17(22)15(10-11-6-8-12(18)9-7-11)20-16(21)13-4-2-3-5-14(13)19/h2-9,15H,10H2,1H3,(H,20,21)/t15-/m1/s1. The van der Waals surface area contributed by atoms with Crippen LogP contribution in [0, 0.1) is 5.82 Å². The summed E-state index contributed by atoms with van der Waals surface area (Å²) in [6.45, 7) is 0. The van der Waals surface area contributed by atoms with E-state index in [-0.39, 0.29) is 12.0 Å². The van der Waals surface area contributed by atoms with Crippen molar-refractivity contribution in [3.05, 3.63) is 69.9 Å². The highest BCUT2D eigenvalue weighted by molar-refractivity contribution is 9.10. The molecule has 0 unspecified atom stereocenters. The summed E-state index contributed by atoms with van der Waals surface area (Å²) >= 11 is 3.33. The fourth-order valence-electron chi connectivity index (χ4n) is 2.07. The number of hydrogen-bond acceptors (Lipinski definition) is 3. The number of halogens is 2. The molecule has 2 rings (SSSR count). The van der Waals surface area contributed by atoms with Crippen LogP contribution >= 0.6 is 15.9 Å². The molecular weight excluding hydrogens is 365 g/mol. The predicted molar refractivity (Wildman–Crippen MR) is 87.5 cm³/mol.